The molecular weight excluding hydrogens is 222 g/mol. The lowest BCUT2D eigenvalue weighted by molar-refractivity contribution is 0.112. The van der Waals surface area contributed by atoms with Gasteiger partial charge in [-0.25, -0.2) is 0 Å². The minimum absolute atomic E-state index is 0.681. The minimum atomic E-state index is 0.681. The van der Waals surface area contributed by atoms with Crippen molar-refractivity contribution in [1.29, 1.82) is 0 Å². The van der Waals surface area contributed by atoms with E-state index in [1.807, 2.05) is 48.8 Å². The van der Waals surface area contributed by atoms with E-state index in [0.717, 1.165) is 28.2 Å². The molecule has 0 radical (unpaired) electrons. The van der Waals surface area contributed by atoms with Gasteiger partial charge in [0.05, 0.1) is 0 Å². The fourth-order valence-electron chi connectivity index (χ4n) is 2.13. The summed E-state index contributed by atoms with van der Waals surface area (Å²) in [7, 11) is 0. The average molecular weight is 233 g/mol. The first-order chi connectivity index (χ1) is 8.88. The van der Waals surface area contributed by atoms with Gasteiger partial charge in [0.1, 0.15) is 6.29 Å². The Hall–Kier alpha value is -2.48. The van der Waals surface area contributed by atoms with Crippen LogP contribution in [0.3, 0.4) is 0 Å². The zero-order chi connectivity index (χ0) is 12.4. The summed E-state index contributed by atoms with van der Waals surface area (Å²) >= 11 is 0. The van der Waals surface area contributed by atoms with Crippen molar-refractivity contribution >= 4 is 17.1 Å². The normalized spacial score (nSPS) is 10.4. The molecule has 2 aromatic carbocycles. The van der Waals surface area contributed by atoms with Gasteiger partial charge in [0.15, 0.2) is 0 Å². The lowest BCUT2D eigenvalue weighted by Crippen LogP contribution is -1.86. The lowest BCUT2D eigenvalue weighted by Gasteiger charge is -2.06. The van der Waals surface area contributed by atoms with Gasteiger partial charge < -0.3 is 0 Å². The molecular formula is C16H11NO. The highest BCUT2D eigenvalue weighted by molar-refractivity contribution is 5.96. The van der Waals surface area contributed by atoms with E-state index in [1.54, 1.807) is 6.07 Å². The van der Waals surface area contributed by atoms with Crippen molar-refractivity contribution in [2.45, 2.75) is 0 Å². The number of hydrogen-bond donors (Lipinski definition) is 0. The third-order valence-corrected chi connectivity index (χ3v) is 3.00. The molecule has 1 aromatic heterocycles. The molecule has 0 saturated heterocycles. The van der Waals surface area contributed by atoms with Crippen LogP contribution in [0.2, 0.25) is 0 Å². The summed E-state index contributed by atoms with van der Waals surface area (Å²) in [5, 5.41) is 2.25. The maximum absolute atomic E-state index is 10.8. The first-order valence-corrected chi connectivity index (χ1v) is 5.77. The molecule has 0 aliphatic rings. The number of aldehydes is 1. The fourth-order valence-corrected chi connectivity index (χ4v) is 2.13. The van der Waals surface area contributed by atoms with E-state index < -0.39 is 0 Å². The van der Waals surface area contributed by atoms with Crippen molar-refractivity contribution in [3.63, 3.8) is 0 Å². The molecule has 3 aromatic rings. The number of fused-ring (bicyclic) bond motifs is 1. The van der Waals surface area contributed by atoms with Crippen molar-refractivity contribution in [3.05, 3.63) is 66.5 Å². The van der Waals surface area contributed by atoms with Gasteiger partial charge in [-0.15, -0.1) is 0 Å². The fraction of sp³-hybridized carbons (Fsp3) is 0. The molecule has 0 fully saturated rings. The first-order valence-electron chi connectivity index (χ1n) is 5.77. The van der Waals surface area contributed by atoms with Crippen LogP contribution in [0.15, 0.2) is 60.9 Å². The summed E-state index contributed by atoms with van der Waals surface area (Å²) in [6.07, 6.45) is 4.55. The van der Waals surface area contributed by atoms with Crippen molar-refractivity contribution in [3.8, 4) is 11.1 Å². The molecule has 2 heteroatoms. The smallest absolute Gasteiger partial charge is 0.150 e. The highest BCUT2D eigenvalue weighted by Crippen LogP contribution is 2.27. The molecule has 3 rings (SSSR count). The molecule has 86 valence electrons. The van der Waals surface area contributed by atoms with Crippen LogP contribution in [-0.2, 0) is 0 Å². The second-order valence-corrected chi connectivity index (χ2v) is 4.15. The van der Waals surface area contributed by atoms with E-state index >= 15 is 0 Å². The Balaban J connectivity index is 2.27. The van der Waals surface area contributed by atoms with Crippen LogP contribution >= 0.6 is 0 Å². The monoisotopic (exact) mass is 233 g/mol. The number of carbonyl (C=O) groups is 1. The van der Waals surface area contributed by atoms with Gasteiger partial charge in [0.2, 0.25) is 0 Å². The number of carbonyl (C=O) groups excluding carboxylic acids is 1. The molecule has 0 aliphatic carbocycles. The van der Waals surface area contributed by atoms with Gasteiger partial charge in [-0.3, -0.25) is 9.78 Å². The molecule has 0 amide bonds. The van der Waals surface area contributed by atoms with Crippen LogP contribution in [0.25, 0.3) is 21.9 Å². The van der Waals surface area contributed by atoms with Crippen LogP contribution in [0.4, 0.5) is 0 Å². The molecule has 0 spiro atoms. The van der Waals surface area contributed by atoms with E-state index in [4.69, 9.17) is 0 Å². The van der Waals surface area contributed by atoms with E-state index in [2.05, 4.69) is 11.1 Å². The second kappa shape index (κ2) is 4.41. The van der Waals surface area contributed by atoms with Gasteiger partial charge in [-0.2, -0.15) is 0 Å². The van der Waals surface area contributed by atoms with Crippen LogP contribution in [0.1, 0.15) is 10.4 Å². The zero-order valence-corrected chi connectivity index (χ0v) is 9.71. The summed E-state index contributed by atoms with van der Waals surface area (Å²) in [5.41, 5.74) is 2.75. The van der Waals surface area contributed by atoms with E-state index in [1.165, 1.54) is 0 Å². The van der Waals surface area contributed by atoms with E-state index in [0.29, 0.717) is 5.56 Å². The first kappa shape index (κ1) is 10.7. The SMILES string of the molecule is O=Cc1cccc(-c2cncc3ccccc23)c1. The van der Waals surface area contributed by atoms with Gasteiger partial charge in [0, 0.05) is 28.9 Å². The Bertz CT molecular complexity index is 714. The van der Waals surface area contributed by atoms with Crippen LogP contribution < -0.4 is 0 Å². The molecule has 18 heavy (non-hydrogen) atoms. The molecule has 0 atom stereocenters. The Morgan fingerprint density at radius 1 is 0.944 bits per heavy atom. The third kappa shape index (κ3) is 1.78. The van der Waals surface area contributed by atoms with E-state index in [-0.39, 0.29) is 0 Å². The topological polar surface area (TPSA) is 30.0 Å². The van der Waals surface area contributed by atoms with E-state index in [9.17, 15) is 4.79 Å². The Labute approximate surface area is 105 Å². The number of rotatable bonds is 2. The quantitative estimate of drug-likeness (QED) is 0.631. The summed E-state index contributed by atoms with van der Waals surface area (Å²) in [6, 6.07) is 15.7. The zero-order valence-electron chi connectivity index (χ0n) is 9.71. The van der Waals surface area contributed by atoms with Crippen molar-refractivity contribution < 1.29 is 4.79 Å². The molecule has 0 bridgehead atoms. The maximum atomic E-state index is 10.8. The molecule has 0 saturated carbocycles. The van der Waals surface area contributed by atoms with Crippen molar-refractivity contribution in [2.24, 2.45) is 0 Å². The van der Waals surface area contributed by atoms with Gasteiger partial charge in [-0.05, 0) is 17.0 Å². The Kier molecular flexibility index (Phi) is 2.61. The number of nitrogens with zero attached hydrogens (tertiary/aromatic N) is 1. The highest BCUT2D eigenvalue weighted by atomic mass is 16.1. The van der Waals surface area contributed by atoms with Crippen LogP contribution in [0.5, 0.6) is 0 Å². The summed E-state index contributed by atoms with van der Waals surface area (Å²) in [6.45, 7) is 0. The lowest BCUT2D eigenvalue weighted by atomic mass is 10.00. The molecule has 0 unspecified atom stereocenters. The number of aromatic nitrogens is 1. The number of benzene rings is 2. The van der Waals surface area contributed by atoms with Crippen LogP contribution in [-0.4, -0.2) is 11.3 Å². The van der Waals surface area contributed by atoms with Gasteiger partial charge >= 0.3 is 0 Å². The Morgan fingerprint density at radius 3 is 2.72 bits per heavy atom. The van der Waals surface area contributed by atoms with Gasteiger partial charge in [0.25, 0.3) is 0 Å². The molecule has 0 aliphatic heterocycles. The number of pyridine rings is 1. The standard InChI is InChI=1S/C16H11NO/c18-11-12-4-3-6-13(8-12)16-10-17-9-14-5-1-2-7-15(14)16/h1-11H. The second-order valence-electron chi connectivity index (χ2n) is 4.15. The summed E-state index contributed by atoms with van der Waals surface area (Å²) in [4.78, 5) is 15.1. The third-order valence-electron chi connectivity index (χ3n) is 3.00. The molecule has 0 N–H and O–H groups in total. The Morgan fingerprint density at radius 2 is 1.83 bits per heavy atom. The van der Waals surface area contributed by atoms with Crippen molar-refractivity contribution in [2.75, 3.05) is 0 Å². The largest absolute Gasteiger partial charge is 0.298 e. The average Bonchev–Trinajstić information content (AvgIpc) is 2.47. The predicted octanol–water partition coefficient (Wildman–Crippen LogP) is 3.71. The summed E-state index contributed by atoms with van der Waals surface area (Å²) < 4.78 is 0. The van der Waals surface area contributed by atoms with Gasteiger partial charge in [-0.1, -0.05) is 42.5 Å². The predicted molar refractivity (Wildman–Crippen MR) is 72.6 cm³/mol. The number of hydrogen-bond acceptors (Lipinski definition) is 2. The summed E-state index contributed by atoms with van der Waals surface area (Å²) in [5.74, 6) is 0. The van der Waals surface area contributed by atoms with Crippen molar-refractivity contribution in [1.82, 2.24) is 4.98 Å². The molecule has 1 heterocycles. The minimum Gasteiger partial charge on any atom is -0.298 e. The maximum Gasteiger partial charge on any atom is 0.150 e. The molecule has 2 nitrogen and oxygen atoms in total. The highest BCUT2D eigenvalue weighted by Gasteiger charge is 2.04. The van der Waals surface area contributed by atoms with Crippen LogP contribution in [0, 0.1) is 0 Å².